The molecular weight excluding hydrogens is 354 g/mol. The Morgan fingerprint density at radius 1 is 0.964 bits per heavy atom. The van der Waals surface area contributed by atoms with Gasteiger partial charge in [-0.25, -0.2) is 4.79 Å². The van der Waals surface area contributed by atoms with Gasteiger partial charge in [-0.15, -0.1) is 0 Å². The second-order valence-corrected chi connectivity index (χ2v) is 7.14. The van der Waals surface area contributed by atoms with E-state index >= 15 is 0 Å². The summed E-state index contributed by atoms with van der Waals surface area (Å²) in [4.78, 5) is 37.4. The highest BCUT2D eigenvalue weighted by Gasteiger charge is 2.24. The number of amides is 4. The summed E-state index contributed by atoms with van der Waals surface area (Å²) in [6.07, 6.45) is 2.89. The predicted molar refractivity (Wildman–Crippen MR) is 108 cm³/mol. The van der Waals surface area contributed by atoms with Crippen molar-refractivity contribution < 1.29 is 14.4 Å². The molecule has 1 fully saturated rings. The Morgan fingerprint density at radius 2 is 1.61 bits per heavy atom. The average molecular weight is 379 g/mol. The lowest BCUT2D eigenvalue weighted by Gasteiger charge is -2.31. The molecule has 0 saturated carbocycles. The van der Waals surface area contributed by atoms with Crippen molar-refractivity contribution in [2.75, 3.05) is 18.4 Å². The van der Waals surface area contributed by atoms with E-state index in [2.05, 4.69) is 22.8 Å². The van der Waals surface area contributed by atoms with Gasteiger partial charge in [0.1, 0.15) is 0 Å². The van der Waals surface area contributed by atoms with Crippen molar-refractivity contribution in [3.05, 3.63) is 65.7 Å². The number of piperidine rings is 1. The van der Waals surface area contributed by atoms with Crippen LogP contribution < -0.4 is 10.6 Å². The Hall–Kier alpha value is -3.15. The Bertz CT molecular complexity index is 826. The SMILES string of the molecule is CC(=O)Nc1ccc(C(=O)NC(=O)N2CCC(Cc3ccccc3)CC2)cc1. The first-order valence-electron chi connectivity index (χ1n) is 9.53. The number of likely N-dealkylation sites (tertiary alicyclic amines) is 1. The minimum absolute atomic E-state index is 0.178. The van der Waals surface area contributed by atoms with Crippen LogP contribution in [0.4, 0.5) is 10.5 Å². The van der Waals surface area contributed by atoms with E-state index in [0.29, 0.717) is 30.3 Å². The molecule has 1 aliphatic heterocycles. The first-order chi connectivity index (χ1) is 13.5. The largest absolute Gasteiger partial charge is 0.326 e. The second kappa shape index (κ2) is 9.17. The summed E-state index contributed by atoms with van der Waals surface area (Å²) in [5, 5.41) is 5.09. The van der Waals surface area contributed by atoms with Crippen LogP contribution in [0.1, 0.15) is 35.7 Å². The Kier molecular flexibility index (Phi) is 6.42. The molecule has 2 aromatic carbocycles. The van der Waals surface area contributed by atoms with Crippen LogP contribution in [-0.2, 0) is 11.2 Å². The molecule has 146 valence electrons. The third-order valence-corrected chi connectivity index (χ3v) is 4.96. The summed E-state index contributed by atoms with van der Waals surface area (Å²) in [5.74, 6) is -0.0581. The molecule has 2 aromatic rings. The van der Waals surface area contributed by atoms with E-state index in [1.54, 1.807) is 29.2 Å². The molecule has 4 amide bonds. The van der Waals surface area contributed by atoms with Gasteiger partial charge in [-0.1, -0.05) is 30.3 Å². The number of anilines is 1. The summed E-state index contributed by atoms with van der Waals surface area (Å²) in [6.45, 7) is 2.72. The van der Waals surface area contributed by atoms with Gasteiger partial charge in [0.15, 0.2) is 0 Å². The van der Waals surface area contributed by atoms with Gasteiger partial charge in [-0.05, 0) is 55.0 Å². The third-order valence-electron chi connectivity index (χ3n) is 4.96. The number of carbonyl (C=O) groups is 3. The maximum Gasteiger partial charge on any atom is 0.324 e. The number of carbonyl (C=O) groups excluding carboxylic acids is 3. The maximum absolute atomic E-state index is 12.4. The van der Waals surface area contributed by atoms with Crippen LogP contribution in [0.25, 0.3) is 0 Å². The normalized spacial score (nSPS) is 14.4. The Labute approximate surface area is 164 Å². The molecule has 2 N–H and O–H groups in total. The van der Waals surface area contributed by atoms with Gasteiger partial charge in [0, 0.05) is 31.3 Å². The van der Waals surface area contributed by atoms with Crippen molar-refractivity contribution in [2.45, 2.75) is 26.2 Å². The molecular formula is C22H25N3O3. The van der Waals surface area contributed by atoms with Crippen molar-refractivity contribution in [3.8, 4) is 0 Å². The zero-order valence-electron chi connectivity index (χ0n) is 16.0. The van der Waals surface area contributed by atoms with Crippen molar-refractivity contribution in [2.24, 2.45) is 5.92 Å². The number of benzene rings is 2. The van der Waals surface area contributed by atoms with E-state index < -0.39 is 5.91 Å². The zero-order chi connectivity index (χ0) is 19.9. The first kappa shape index (κ1) is 19.6. The molecule has 0 atom stereocenters. The number of imide groups is 1. The fourth-order valence-corrected chi connectivity index (χ4v) is 3.44. The van der Waals surface area contributed by atoms with Crippen molar-refractivity contribution in [3.63, 3.8) is 0 Å². The Balaban J connectivity index is 1.47. The summed E-state index contributed by atoms with van der Waals surface area (Å²) in [7, 11) is 0. The lowest BCUT2D eigenvalue weighted by atomic mass is 9.90. The van der Waals surface area contributed by atoms with Crippen LogP contribution in [0.3, 0.4) is 0 Å². The van der Waals surface area contributed by atoms with Crippen molar-refractivity contribution in [1.82, 2.24) is 10.2 Å². The monoisotopic (exact) mass is 379 g/mol. The van der Waals surface area contributed by atoms with Gasteiger partial charge in [0.2, 0.25) is 5.91 Å². The lowest BCUT2D eigenvalue weighted by Crippen LogP contribution is -2.46. The Morgan fingerprint density at radius 3 is 2.21 bits per heavy atom. The van der Waals surface area contributed by atoms with E-state index in [-0.39, 0.29) is 11.9 Å². The van der Waals surface area contributed by atoms with E-state index in [9.17, 15) is 14.4 Å². The predicted octanol–water partition coefficient (Wildman–Crippen LogP) is 3.45. The lowest BCUT2D eigenvalue weighted by molar-refractivity contribution is -0.114. The molecule has 0 unspecified atom stereocenters. The highest BCUT2D eigenvalue weighted by molar-refractivity contribution is 6.04. The minimum Gasteiger partial charge on any atom is -0.326 e. The zero-order valence-corrected chi connectivity index (χ0v) is 16.0. The number of urea groups is 1. The first-order valence-corrected chi connectivity index (χ1v) is 9.53. The molecule has 1 aliphatic rings. The van der Waals surface area contributed by atoms with E-state index in [0.717, 1.165) is 19.3 Å². The molecule has 6 nitrogen and oxygen atoms in total. The van der Waals surface area contributed by atoms with Gasteiger partial charge in [-0.2, -0.15) is 0 Å². The minimum atomic E-state index is -0.439. The van der Waals surface area contributed by atoms with Crippen LogP contribution in [0.5, 0.6) is 0 Å². The summed E-state index contributed by atoms with van der Waals surface area (Å²) in [5.41, 5.74) is 2.31. The quantitative estimate of drug-likeness (QED) is 0.854. The van der Waals surface area contributed by atoms with E-state index in [1.807, 2.05) is 18.2 Å². The molecule has 0 spiro atoms. The van der Waals surface area contributed by atoms with Crippen LogP contribution in [0.2, 0.25) is 0 Å². The van der Waals surface area contributed by atoms with E-state index in [4.69, 9.17) is 0 Å². The van der Waals surface area contributed by atoms with Crippen LogP contribution in [-0.4, -0.2) is 35.8 Å². The summed E-state index contributed by atoms with van der Waals surface area (Å²) >= 11 is 0. The van der Waals surface area contributed by atoms with Gasteiger partial charge >= 0.3 is 6.03 Å². The molecule has 1 heterocycles. The van der Waals surface area contributed by atoms with Crippen LogP contribution >= 0.6 is 0 Å². The number of rotatable bonds is 4. The molecule has 0 aliphatic carbocycles. The maximum atomic E-state index is 12.4. The second-order valence-electron chi connectivity index (χ2n) is 7.14. The molecule has 6 heteroatoms. The standard InChI is InChI=1S/C22H25N3O3/c1-16(26)23-20-9-7-19(8-10-20)21(27)24-22(28)25-13-11-18(12-14-25)15-17-5-3-2-4-6-17/h2-10,18H,11-15H2,1H3,(H,23,26)(H,24,27,28). The van der Waals surface area contributed by atoms with E-state index in [1.165, 1.54) is 12.5 Å². The van der Waals surface area contributed by atoms with Gasteiger partial charge in [0.25, 0.3) is 5.91 Å². The molecule has 0 bridgehead atoms. The molecule has 1 saturated heterocycles. The highest BCUT2D eigenvalue weighted by atomic mass is 16.2. The third kappa shape index (κ3) is 5.42. The fraction of sp³-hybridized carbons (Fsp3) is 0.318. The fourth-order valence-electron chi connectivity index (χ4n) is 3.44. The molecule has 0 aromatic heterocycles. The van der Waals surface area contributed by atoms with Gasteiger partial charge < -0.3 is 10.2 Å². The van der Waals surface area contributed by atoms with Crippen LogP contribution in [0.15, 0.2) is 54.6 Å². The van der Waals surface area contributed by atoms with Gasteiger partial charge in [-0.3, -0.25) is 14.9 Å². The molecule has 3 rings (SSSR count). The number of nitrogens with one attached hydrogen (secondary N) is 2. The molecule has 0 radical (unpaired) electrons. The van der Waals surface area contributed by atoms with Crippen molar-refractivity contribution in [1.29, 1.82) is 0 Å². The number of nitrogens with zero attached hydrogens (tertiary/aromatic N) is 1. The highest BCUT2D eigenvalue weighted by Crippen LogP contribution is 2.21. The molecule has 28 heavy (non-hydrogen) atoms. The summed E-state index contributed by atoms with van der Waals surface area (Å²) < 4.78 is 0. The summed E-state index contributed by atoms with van der Waals surface area (Å²) in [6, 6.07) is 16.5. The number of hydrogen-bond acceptors (Lipinski definition) is 3. The van der Waals surface area contributed by atoms with Crippen LogP contribution in [0, 0.1) is 5.92 Å². The van der Waals surface area contributed by atoms with Crippen molar-refractivity contribution >= 4 is 23.5 Å². The van der Waals surface area contributed by atoms with Gasteiger partial charge in [0.05, 0.1) is 0 Å². The number of hydrogen-bond donors (Lipinski definition) is 2. The topological polar surface area (TPSA) is 78.5 Å². The smallest absolute Gasteiger partial charge is 0.324 e. The average Bonchev–Trinajstić information content (AvgIpc) is 2.69.